The quantitative estimate of drug-likeness (QED) is 0.781. The van der Waals surface area contributed by atoms with Crippen LogP contribution in [-0.4, -0.2) is 24.4 Å². The lowest BCUT2D eigenvalue weighted by Gasteiger charge is -2.12. The maximum atomic E-state index is 13.5. The van der Waals surface area contributed by atoms with Crippen LogP contribution in [0, 0.1) is 5.82 Å². The normalized spacial score (nSPS) is 11.2. The highest BCUT2D eigenvalue weighted by Gasteiger charge is 2.14. The predicted octanol–water partition coefficient (Wildman–Crippen LogP) is 1.28. The number of carbonyl (C=O) groups excluding carboxylic acids is 2. The van der Waals surface area contributed by atoms with Gasteiger partial charge in [-0.1, -0.05) is 0 Å². The molecule has 0 heterocycles. The van der Waals surface area contributed by atoms with E-state index in [1.807, 2.05) is 0 Å². The number of amides is 2. The zero-order chi connectivity index (χ0) is 13.7. The van der Waals surface area contributed by atoms with Crippen molar-refractivity contribution in [3.8, 4) is 0 Å². The molecule has 0 saturated carbocycles. The number of hydrogen-bond donors (Lipinski definition) is 3. The van der Waals surface area contributed by atoms with E-state index in [4.69, 9.17) is 5.73 Å². The lowest BCUT2D eigenvalue weighted by atomic mass is 10.1. The van der Waals surface area contributed by atoms with Crippen molar-refractivity contribution in [1.82, 2.24) is 5.32 Å². The first-order valence-corrected chi connectivity index (χ1v) is 5.52. The summed E-state index contributed by atoms with van der Waals surface area (Å²) in [6, 6.07) is 3.56. The lowest BCUT2D eigenvalue weighted by molar-refractivity contribution is -0.114. The molecule has 0 aliphatic heterocycles. The molecule has 0 aromatic heterocycles. The van der Waals surface area contributed by atoms with Crippen molar-refractivity contribution in [2.45, 2.75) is 19.9 Å². The van der Waals surface area contributed by atoms with Gasteiger partial charge in [-0.3, -0.25) is 9.59 Å². The van der Waals surface area contributed by atoms with Crippen molar-refractivity contribution in [3.05, 3.63) is 29.6 Å². The summed E-state index contributed by atoms with van der Waals surface area (Å²) in [5, 5.41) is 5.03. The monoisotopic (exact) mass is 289 g/mol. The Morgan fingerprint density at radius 1 is 1.42 bits per heavy atom. The van der Waals surface area contributed by atoms with Crippen LogP contribution in [0.3, 0.4) is 0 Å². The molecule has 0 unspecified atom stereocenters. The molecule has 1 rings (SSSR count). The third-order valence-corrected chi connectivity index (χ3v) is 2.26. The van der Waals surface area contributed by atoms with Gasteiger partial charge in [-0.25, -0.2) is 4.39 Å². The maximum Gasteiger partial charge on any atom is 0.254 e. The molecule has 1 aromatic rings. The summed E-state index contributed by atoms with van der Waals surface area (Å²) in [6.45, 7) is 3.31. The van der Waals surface area contributed by atoms with Crippen molar-refractivity contribution in [1.29, 1.82) is 0 Å². The van der Waals surface area contributed by atoms with E-state index in [9.17, 15) is 14.0 Å². The minimum Gasteiger partial charge on any atom is -0.348 e. The summed E-state index contributed by atoms with van der Waals surface area (Å²) in [7, 11) is 0. The van der Waals surface area contributed by atoms with Crippen LogP contribution >= 0.6 is 12.4 Å². The van der Waals surface area contributed by atoms with Crippen molar-refractivity contribution in [3.63, 3.8) is 0 Å². The summed E-state index contributed by atoms with van der Waals surface area (Å²) in [6.07, 6.45) is 0. The van der Waals surface area contributed by atoms with E-state index in [-0.39, 0.29) is 36.5 Å². The molecule has 0 saturated heterocycles. The number of nitrogens with one attached hydrogen (secondary N) is 2. The molecule has 0 aliphatic rings. The van der Waals surface area contributed by atoms with Gasteiger partial charge in [0.15, 0.2) is 0 Å². The second-order valence-corrected chi connectivity index (χ2v) is 3.99. The number of benzene rings is 1. The van der Waals surface area contributed by atoms with Crippen LogP contribution in [0.5, 0.6) is 0 Å². The van der Waals surface area contributed by atoms with Gasteiger partial charge in [0.1, 0.15) is 5.82 Å². The molecule has 0 radical (unpaired) electrons. The largest absolute Gasteiger partial charge is 0.348 e. The van der Waals surface area contributed by atoms with Crippen LogP contribution in [0.2, 0.25) is 0 Å². The topological polar surface area (TPSA) is 84.2 Å². The molecular weight excluding hydrogens is 273 g/mol. The van der Waals surface area contributed by atoms with Crippen molar-refractivity contribution >= 4 is 29.9 Å². The number of hydrogen-bond acceptors (Lipinski definition) is 3. The molecule has 4 N–H and O–H groups in total. The minimum atomic E-state index is -0.647. The molecule has 7 heteroatoms. The third kappa shape index (κ3) is 5.23. The smallest absolute Gasteiger partial charge is 0.254 e. The van der Waals surface area contributed by atoms with E-state index in [0.717, 1.165) is 6.07 Å². The minimum absolute atomic E-state index is 0. The van der Waals surface area contributed by atoms with Crippen LogP contribution < -0.4 is 16.4 Å². The van der Waals surface area contributed by atoms with E-state index in [1.165, 1.54) is 19.1 Å². The van der Waals surface area contributed by atoms with Crippen LogP contribution in [0.1, 0.15) is 24.2 Å². The Labute approximate surface area is 117 Å². The summed E-state index contributed by atoms with van der Waals surface area (Å²) < 4.78 is 13.5. The molecule has 106 valence electrons. The third-order valence-electron chi connectivity index (χ3n) is 2.26. The first-order valence-electron chi connectivity index (χ1n) is 5.52. The molecule has 0 aliphatic carbocycles. The summed E-state index contributed by atoms with van der Waals surface area (Å²) in [4.78, 5) is 22.6. The van der Waals surface area contributed by atoms with E-state index in [1.54, 1.807) is 6.92 Å². The van der Waals surface area contributed by atoms with Gasteiger partial charge < -0.3 is 16.4 Å². The number of halogens is 2. The fraction of sp³-hybridized carbons (Fsp3) is 0.333. The van der Waals surface area contributed by atoms with Gasteiger partial charge >= 0.3 is 0 Å². The van der Waals surface area contributed by atoms with Crippen molar-refractivity contribution < 1.29 is 14.0 Å². The molecule has 19 heavy (non-hydrogen) atoms. The average Bonchev–Trinajstić information content (AvgIpc) is 2.30. The van der Waals surface area contributed by atoms with Crippen LogP contribution in [0.15, 0.2) is 18.2 Å². The fourth-order valence-electron chi connectivity index (χ4n) is 1.34. The zero-order valence-corrected chi connectivity index (χ0v) is 11.5. The molecule has 1 aromatic carbocycles. The molecule has 0 bridgehead atoms. The fourth-order valence-corrected chi connectivity index (χ4v) is 1.34. The highest BCUT2D eigenvalue weighted by molar-refractivity contribution is 5.97. The second kappa shape index (κ2) is 7.70. The highest BCUT2D eigenvalue weighted by Crippen LogP contribution is 2.15. The van der Waals surface area contributed by atoms with E-state index < -0.39 is 11.7 Å². The zero-order valence-electron chi connectivity index (χ0n) is 10.7. The summed E-state index contributed by atoms with van der Waals surface area (Å²) in [5.41, 5.74) is 5.61. The Balaban J connectivity index is 0.00000324. The summed E-state index contributed by atoms with van der Waals surface area (Å²) in [5.74, 6) is -1.49. The Morgan fingerprint density at radius 2 is 2.05 bits per heavy atom. The second-order valence-electron chi connectivity index (χ2n) is 3.99. The number of anilines is 1. The first kappa shape index (κ1) is 17.3. The van der Waals surface area contributed by atoms with Crippen LogP contribution in [0.4, 0.5) is 10.1 Å². The number of nitrogens with two attached hydrogens (primary N) is 1. The molecule has 5 nitrogen and oxygen atoms in total. The first-order chi connectivity index (χ1) is 8.43. The lowest BCUT2D eigenvalue weighted by Crippen LogP contribution is -2.38. The van der Waals surface area contributed by atoms with Gasteiger partial charge in [0, 0.05) is 25.2 Å². The van der Waals surface area contributed by atoms with Gasteiger partial charge in [0.25, 0.3) is 5.91 Å². The SMILES string of the molecule is CC(=O)Nc1ccc(F)c(C(=O)N[C@@H](C)CN)c1.Cl. The average molecular weight is 290 g/mol. The Morgan fingerprint density at radius 3 is 2.58 bits per heavy atom. The Bertz CT molecular complexity index is 468. The van der Waals surface area contributed by atoms with E-state index >= 15 is 0 Å². The Hall–Kier alpha value is -1.66. The molecule has 0 spiro atoms. The molecular formula is C12H17ClFN3O2. The van der Waals surface area contributed by atoms with Crippen molar-refractivity contribution in [2.24, 2.45) is 5.73 Å². The number of carbonyl (C=O) groups is 2. The predicted molar refractivity (Wildman–Crippen MR) is 73.9 cm³/mol. The van der Waals surface area contributed by atoms with Gasteiger partial charge in [-0.15, -0.1) is 12.4 Å². The maximum absolute atomic E-state index is 13.5. The van der Waals surface area contributed by atoms with E-state index in [2.05, 4.69) is 10.6 Å². The Kier molecular flexibility index (Phi) is 7.03. The van der Waals surface area contributed by atoms with Crippen molar-refractivity contribution in [2.75, 3.05) is 11.9 Å². The molecule has 0 fully saturated rings. The van der Waals surface area contributed by atoms with Gasteiger partial charge in [0.05, 0.1) is 5.56 Å². The highest BCUT2D eigenvalue weighted by atomic mass is 35.5. The molecule has 2 amide bonds. The van der Waals surface area contributed by atoms with Crippen LogP contribution in [0.25, 0.3) is 0 Å². The number of rotatable bonds is 4. The van der Waals surface area contributed by atoms with Gasteiger partial charge in [0.2, 0.25) is 5.91 Å². The molecule has 1 atom stereocenters. The van der Waals surface area contributed by atoms with Crippen LogP contribution in [-0.2, 0) is 4.79 Å². The van der Waals surface area contributed by atoms with E-state index in [0.29, 0.717) is 5.69 Å². The van der Waals surface area contributed by atoms with Gasteiger partial charge in [-0.2, -0.15) is 0 Å². The summed E-state index contributed by atoms with van der Waals surface area (Å²) >= 11 is 0. The van der Waals surface area contributed by atoms with Gasteiger partial charge in [-0.05, 0) is 25.1 Å². The standard InChI is InChI=1S/C12H16FN3O2.ClH/c1-7(6-14)15-12(18)10-5-9(16-8(2)17)3-4-11(10)13;/h3-5,7H,6,14H2,1-2H3,(H,15,18)(H,16,17);1H/t7-;/m0./s1.